The summed E-state index contributed by atoms with van der Waals surface area (Å²) in [6.07, 6.45) is 15.5. The number of amides is 1. The maximum atomic E-state index is 15.6. The monoisotopic (exact) mass is 810 g/mol. The summed E-state index contributed by atoms with van der Waals surface area (Å²) in [5.74, 6) is 1.73. The van der Waals surface area contributed by atoms with Crippen LogP contribution in [0.4, 0.5) is 0 Å². The van der Waals surface area contributed by atoms with Gasteiger partial charge < -0.3 is 25.4 Å². The number of fused-ring (bicyclic) bond motifs is 7. The molecule has 6 aliphatic carbocycles. The van der Waals surface area contributed by atoms with E-state index in [1.807, 2.05) is 13.8 Å². The summed E-state index contributed by atoms with van der Waals surface area (Å²) in [5.41, 5.74) is 1.74. The second-order valence-corrected chi connectivity index (χ2v) is 23.5. The zero-order chi connectivity index (χ0) is 42.1. The van der Waals surface area contributed by atoms with E-state index >= 15 is 4.79 Å². The molecule has 0 bridgehead atoms. The molecule has 0 aromatic heterocycles. The van der Waals surface area contributed by atoms with Crippen LogP contribution < -0.4 is 10.6 Å². The molecule has 6 saturated carbocycles. The van der Waals surface area contributed by atoms with E-state index in [2.05, 4.69) is 101 Å². The summed E-state index contributed by atoms with van der Waals surface area (Å²) in [7, 11) is 0. The molecule has 1 aromatic carbocycles. The lowest BCUT2D eigenvalue weighted by Crippen LogP contribution is -2.68. The molecule has 59 heavy (non-hydrogen) atoms. The van der Waals surface area contributed by atoms with Crippen molar-refractivity contribution < 1.29 is 24.2 Å². The SMILES string of the molecule is CC(C)[C@@H]1CC[C@]2(C(=O)N3CCC[C@H]3C3NC=C(c4ccccc4)N3)CC[C@]3(C)[C@H](CC[C@@H]4[C@@]5(C)CC[C@H](OC(=O)[C@H]6C[C@@H](C(=O)O)C6(C)C)C(C)(C)[C@@H]5CC[C@]43C)[C@@H]12. The van der Waals surface area contributed by atoms with E-state index in [1.165, 1.54) is 31.2 Å². The predicted octanol–water partition coefficient (Wildman–Crippen LogP) is 9.89. The fourth-order valence-electron chi connectivity index (χ4n) is 17.0. The first-order valence-corrected chi connectivity index (χ1v) is 23.8. The zero-order valence-electron chi connectivity index (χ0n) is 37.7. The van der Waals surface area contributed by atoms with Crippen molar-refractivity contribution in [1.29, 1.82) is 0 Å². The molecule has 0 radical (unpaired) electrons. The normalized spacial score (nSPS) is 45.4. The maximum Gasteiger partial charge on any atom is 0.309 e. The van der Waals surface area contributed by atoms with E-state index in [1.54, 1.807) is 0 Å². The standard InChI is InChI=1S/C51H75N3O5/c1-30(2)32-19-24-51(45(58)54-27-13-16-37(54)42-52-29-36(53-42)31-14-11-10-12-15-31)26-25-49(8)33(41(32)51)17-18-39-48(7)22-21-40(47(5,6)38(48)20-23-50(39,49)9)59-44(57)35-28-34(43(55)56)46(35,3)4/h10-12,14-15,29-30,32-35,37-42,52-53H,13,16-28H2,1-9H3,(H,55,56)/t32-,33+,34-,35+,37-,38-,39+,40-,41+,42?,48-,49+,50+,51-/m0/s1. The van der Waals surface area contributed by atoms with Gasteiger partial charge in [-0.3, -0.25) is 14.4 Å². The third kappa shape index (κ3) is 5.81. The Bertz CT molecular complexity index is 1870. The summed E-state index contributed by atoms with van der Waals surface area (Å²) in [5, 5.41) is 17.2. The van der Waals surface area contributed by atoms with Crippen molar-refractivity contribution in [2.24, 2.45) is 79.8 Å². The number of rotatable bonds is 7. The molecule has 1 aromatic rings. The number of hydrogen-bond acceptors (Lipinski definition) is 6. The number of likely N-dealkylation sites (tertiary alicyclic amines) is 1. The van der Waals surface area contributed by atoms with Crippen molar-refractivity contribution >= 4 is 23.5 Å². The van der Waals surface area contributed by atoms with Crippen molar-refractivity contribution in [2.45, 2.75) is 164 Å². The van der Waals surface area contributed by atoms with Gasteiger partial charge in [-0.25, -0.2) is 0 Å². The van der Waals surface area contributed by atoms with Gasteiger partial charge >= 0.3 is 11.9 Å². The van der Waals surface area contributed by atoms with Gasteiger partial charge in [-0.15, -0.1) is 0 Å². The molecule has 14 atom stereocenters. The Balaban J connectivity index is 0.949. The molecule has 3 N–H and O–H groups in total. The van der Waals surface area contributed by atoms with Crippen molar-refractivity contribution in [2.75, 3.05) is 6.54 Å². The molecule has 8 heteroatoms. The van der Waals surface area contributed by atoms with E-state index in [0.29, 0.717) is 47.8 Å². The molecule has 2 heterocycles. The minimum atomic E-state index is -0.811. The van der Waals surface area contributed by atoms with Gasteiger partial charge in [-0.1, -0.05) is 92.6 Å². The molecule has 1 amide bonds. The lowest BCUT2D eigenvalue weighted by Gasteiger charge is -2.73. The average Bonchev–Trinajstić information content (AvgIpc) is 3.95. The third-order valence-electron chi connectivity index (χ3n) is 20.6. The van der Waals surface area contributed by atoms with Crippen LogP contribution in [0.1, 0.15) is 151 Å². The summed E-state index contributed by atoms with van der Waals surface area (Å²) in [6.45, 7) is 22.3. The molecule has 1 saturated heterocycles. The first-order valence-electron chi connectivity index (χ1n) is 23.8. The third-order valence-corrected chi connectivity index (χ3v) is 20.6. The van der Waals surface area contributed by atoms with Gasteiger partial charge in [-0.2, -0.15) is 0 Å². The van der Waals surface area contributed by atoms with Crippen LogP contribution in [0, 0.1) is 79.8 Å². The number of carbonyl (C=O) groups is 3. The Kier molecular flexibility index (Phi) is 9.80. The van der Waals surface area contributed by atoms with Crippen molar-refractivity contribution in [1.82, 2.24) is 15.5 Å². The lowest BCUT2D eigenvalue weighted by atomic mass is 9.32. The van der Waals surface area contributed by atoms with Crippen LogP contribution in [0.3, 0.4) is 0 Å². The first kappa shape index (κ1) is 41.3. The molecule has 8 aliphatic rings. The summed E-state index contributed by atoms with van der Waals surface area (Å²) in [4.78, 5) is 43.5. The number of carboxylic acid groups (broad SMARTS) is 1. The molecule has 324 valence electrons. The number of carboxylic acids is 1. The van der Waals surface area contributed by atoms with Crippen LogP contribution in [-0.4, -0.2) is 52.7 Å². The van der Waals surface area contributed by atoms with Crippen LogP contribution >= 0.6 is 0 Å². The quantitative estimate of drug-likeness (QED) is 0.236. The molecular formula is C51H75N3O5. The van der Waals surface area contributed by atoms with E-state index in [9.17, 15) is 14.7 Å². The molecule has 0 spiro atoms. The van der Waals surface area contributed by atoms with Crippen LogP contribution in [0.5, 0.6) is 0 Å². The highest BCUT2D eigenvalue weighted by molar-refractivity contribution is 5.85. The highest BCUT2D eigenvalue weighted by atomic mass is 16.5. The van der Waals surface area contributed by atoms with Gasteiger partial charge in [0.1, 0.15) is 12.3 Å². The predicted molar refractivity (Wildman–Crippen MR) is 231 cm³/mol. The first-order chi connectivity index (χ1) is 27.8. The molecule has 9 rings (SSSR count). The minimum Gasteiger partial charge on any atom is -0.481 e. The number of benzene rings is 1. The van der Waals surface area contributed by atoms with Crippen LogP contribution in [0.2, 0.25) is 0 Å². The highest BCUT2D eigenvalue weighted by Crippen LogP contribution is 2.78. The van der Waals surface area contributed by atoms with Crippen molar-refractivity contribution in [3.05, 3.63) is 42.1 Å². The van der Waals surface area contributed by atoms with Crippen LogP contribution in [-0.2, 0) is 19.1 Å². The minimum absolute atomic E-state index is 0.0325. The smallest absolute Gasteiger partial charge is 0.309 e. The molecule has 7 fully saturated rings. The Morgan fingerprint density at radius 3 is 2.24 bits per heavy atom. The number of carbonyl (C=O) groups excluding carboxylic acids is 2. The zero-order valence-corrected chi connectivity index (χ0v) is 37.7. The van der Waals surface area contributed by atoms with Gasteiger partial charge in [-0.05, 0) is 146 Å². The highest BCUT2D eigenvalue weighted by Gasteiger charge is 2.73. The number of aliphatic carboxylic acids is 1. The Labute approximate surface area is 354 Å². The number of nitrogens with zero attached hydrogens (tertiary/aromatic N) is 1. The molecular weight excluding hydrogens is 735 g/mol. The summed E-state index contributed by atoms with van der Waals surface area (Å²) < 4.78 is 6.48. The van der Waals surface area contributed by atoms with Crippen molar-refractivity contribution in [3.63, 3.8) is 0 Å². The van der Waals surface area contributed by atoms with Crippen LogP contribution in [0.25, 0.3) is 5.70 Å². The fraction of sp³-hybridized carbons (Fsp3) is 0.784. The molecule has 1 unspecified atom stereocenters. The van der Waals surface area contributed by atoms with E-state index < -0.39 is 17.3 Å². The van der Waals surface area contributed by atoms with Gasteiger partial charge in [0.2, 0.25) is 5.91 Å². The van der Waals surface area contributed by atoms with E-state index in [4.69, 9.17) is 4.74 Å². The Morgan fingerprint density at radius 1 is 0.797 bits per heavy atom. The Hall–Kier alpha value is -3.03. The number of ether oxygens (including phenoxy) is 1. The topological polar surface area (TPSA) is 108 Å². The lowest BCUT2D eigenvalue weighted by molar-refractivity contribution is -0.252. The largest absolute Gasteiger partial charge is 0.481 e. The summed E-state index contributed by atoms with van der Waals surface area (Å²) >= 11 is 0. The van der Waals surface area contributed by atoms with Gasteiger partial charge in [0.05, 0.1) is 29.0 Å². The molecule has 2 aliphatic heterocycles. The van der Waals surface area contributed by atoms with Gasteiger partial charge in [0, 0.05) is 18.2 Å². The Morgan fingerprint density at radius 2 is 1.54 bits per heavy atom. The van der Waals surface area contributed by atoms with Crippen LogP contribution in [0.15, 0.2) is 36.5 Å². The van der Waals surface area contributed by atoms with E-state index in [0.717, 1.165) is 63.6 Å². The second-order valence-electron chi connectivity index (χ2n) is 23.5. The summed E-state index contributed by atoms with van der Waals surface area (Å²) in [6, 6.07) is 10.7. The van der Waals surface area contributed by atoms with Gasteiger partial charge in [0.25, 0.3) is 0 Å². The fourth-order valence-corrected chi connectivity index (χ4v) is 17.0. The maximum absolute atomic E-state index is 15.6. The second kappa shape index (κ2) is 14.0. The molecule has 8 nitrogen and oxygen atoms in total. The number of hydrogen-bond donors (Lipinski definition) is 3. The number of esters is 1. The average molecular weight is 810 g/mol. The van der Waals surface area contributed by atoms with E-state index in [-0.39, 0.29) is 57.3 Å². The van der Waals surface area contributed by atoms with Gasteiger partial charge in [0.15, 0.2) is 0 Å². The van der Waals surface area contributed by atoms with Crippen molar-refractivity contribution in [3.8, 4) is 0 Å². The number of nitrogens with one attached hydrogen (secondary N) is 2.